The van der Waals surface area contributed by atoms with Gasteiger partial charge < -0.3 is 14.8 Å². The second kappa shape index (κ2) is 10.1. The number of carbonyl (C=O) groups is 1. The Hall–Kier alpha value is -3.34. The van der Waals surface area contributed by atoms with Crippen LogP contribution in [0.2, 0.25) is 0 Å². The van der Waals surface area contributed by atoms with Crippen molar-refractivity contribution in [1.29, 1.82) is 0 Å². The monoisotopic (exact) mass is 451 g/mol. The lowest BCUT2D eigenvalue weighted by Gasteiger charge is -2.24. The number of benzene rings is 2. The minimum Gasteiger partial charge on any atom is -0.495 e. The molecule has 0 bridgehead atoms. The van der Waals surface area contributed by atoms with E-state index in [0.29, 0.717) is 12.4 Å². The van der Waals surface area contributed by atoms with Gasteiger partial charge in [-0.25, -0.2) is 8.42 Å². The number of nitro groups is 1. The SMILES string of the molecule is CCOc1ccc([C@H](C)NC(=O)CN(c2cc([N+](=O)[O-])ccc2OC)S(C)(=O)=O)cc1. The maximum absolute atomic E-state index is 12.6. The number of nitrogens with zero attached hydrogens (tertiary/aromatic N) is 2. The molecule has 0 saturated carbocycles. The number of nitro benzene ring substituents is 1. The van der Waals surface area contributed by atoms with Gasteiger partial charge >= 0.3 is 0 Å². The number of hydrogen-bond acceptors (Lipinski definition) is 7. The standard InChI is InChI=1S/C20H25N3O7S/c1-5-30-17-9-6-15(7-10-17)14(2)21-20(24)13-22(31(4,27)28)18-12-16(23(25)26)8-11-19(18)29-3/h6-12,14H,5,13H2,1-4H3,(H,21,24)/t14-/m0/s1. The molecule has 0 aliphatic heterocycles. The molecule has 1 N–H and O–H groups in total. The number of non-ortho nitro benzene ring substituents is 1. The van der Waals surface area contributed by atoms with Crippen molar-refractivity contribution in [3.05, 3.63) is 58.1 Å². The number of anilines is 1. The average molecular weight is 452 g/mol. The predicted molar refractivity (Wildman–Crippen MR) is 116 cm³/mol. The van der Waals surface area contributed by atoms with E-state index in [-0.39, 0.29) is 17.1 Å². The Morgan fingerprint density at radius 2 is 1.87 bits per heavy atom. The van der Waals surface area contributed by atoms with Crippen molar-refractivity contribution < 1.29 is 27.6 Å². The summed E-state index contributed by atoms with van der Waals surface area (Å²) < 4.78 is 36.1. The highest BCUT2D eigenvalue weighted by Crippen LogP contribution is 2.33. The third-order valence-electron chi connectivity index (χ3n) is 4.40. The van der Waals surface area contributed by atoms with Crippen LogP contribution in [-0.4, -0.2) is 45.8 Å². The highest BCUT2D eigenvalue weighted by atomic mass is 32.2. The zero-order valence-corrected chi connectivity index (χ0v) is 18.5. The predicted octanol–water partition coefficient (Wildman–Crippen LogP) is 2.65. The summed E-state index contributed by atoms with van der Waals surface area (Å²) in [4.78, 5) is 23.1. The number of ether oxygens (including phenoxy) is 2. The summed E-state index contributed by atoms with van der Waals surface area (Å²) in [5.74, 6) is 0.203. The zero-order chi connectivity index (χ0) is 23.2. The number of amides is 1. The van der Waals surface area contributed by atoms with Gasteiger partial charge in [-0.3, -0.25) is 19.2 Å². The molecule has 11 heteroatoms. The highest BCUT2D eigenvalue weighted by Gasteiger charge is 2.26. The Morgan fingerprint density at radius 1 is 1.23 bits per heavy atom. The molecule has 168 valence electrons. The van der Waals surface area contributed by atoms with E-state index in [2.05, 4.69) is 5.32 Å². The van der Waals surface area contributed by atoms with Gasteiger partial charge in [0.05, 0.1) is 30.9 Å². The van der Waals surface area contributed by atoms with Crippen LogP contribution in [-0.2, 0) is 14.8 Å². The topological polar surface area (TPSA) is 128 Å². The molecule has 0 radical (unpaired) electrons. The Kier molecular flexibility index (Phi) is 7.81. The van der Waals surface area contributed by atoms with Gasteiger partial charge in [0.25, 0.3) is 5.69 Å². The average Bonchev–Trinajstić information content (AvgIpc) is 2.71. The maximum atomic E-state index is 12.6. The van der Waals surface area contributed by atoms with Crippen molar-refractivity contribution in [1.82, 2.24) is 5.32 Å². The lowest BCUT2D eigenvalue weighted by atomic mass is 10.1. The Labute approximate surface area is 181 Å². The van der Waals surface area contributed by atoms with Crippen LogP contribution in [0, 0.1) is 10.1 Å². The molecular weight excluding hydrogens is 426 g/mol. The van der Waals surface area contributed by atoms with Crippen LogP contribution in [0.4, 0.5) is 11.4 Å². The van der Waals surface area contributed by atoms with Gasteiger partial charge in [-0.05, 0) is 37.6 Å². The third kappa shape index (κ3) is 6.32. The van der Waals surface area contributed by atoms with Crippen LogP contribution in [0.3, 0.4) is 0 Å². The van der Waals surface area contributed by atoms with Gasteiger partial charge in [-0.2, -0.15) is 0 Å². The lowest BCUT2D eigenvalue weighted by molar-refractivity contribution is -0.384. The largest absolute Gasteiger partial charge is 0.495 e. The number of methoxy groups -OCH3 is 1. The fourth-order valence-corrected chi connectivity index (χ4v) is 3.74. The molecule has 31 heavy (non-hydrogen) atoms. The van der Waals surface area contributed by atoms with Crippen molar-refractivity contribution in [3.8, 4) is 11.5 Å². The van der Waals surface area contributed by atoms with E-state index in [4.69, 9.17) is 9.47 Å². The second-order valence-corrected chi connectivity index (χ2v) is 8.58. The number of rotatable bonds is 10. The molecule has 1 atom stereocenters. The van der Waals surface area contributed by atoms with E-state index < -0.39 is 33.4 Å². The third-order valence-corrected chi connectivity index (χ3v) is 5.52. The van der Waals surface area contributed by atoms with Crippen LogP contribution < -0.4 is 19.1 Å². The second-order valence-electron chi connectivity index (χ2n) is 6.67. The molecule has 0 saturated heterocycles. The first kappa shape index (κ1) is 23.9. The molecule has 1 amide bonds. The summed E-state index contributed by atoms with van der Waals surface area (Å²) in [5.41, 5.74) is 0.381. The first-order chi connectivity index (χ1) is 14.6. The zero-order valence-electron chi connectivity index (χ0n) is 17.7. The molecule has 2 aromatic rings. The van der Waals surface area contributed by atoms with Gasteiger partial charge in [-0.15, -0.1) is 0 Å². The van der Waals surface area contributed by atoms with Crippen molar-refractivity contribution in [2.24, 2.45) is 0 Å². The first-order valence-electron chi connectivity index (χ1n) is 9.39. The van der Waals surface area contributed by atoms with Gasteiger partial charge in [0.2, 0.25) is 15.9 Å². The van der Waals surface area contributed by atoms with Crippen molar-refractivity contribution >= 4 is 27.3 Å². The summed E-state index contributed by atoms with van der Waals surface area (Å²) in [7, 11) is -2.64. The van der Waals surface area contributed by atoms with Crippen molar-refractivity contribution in [2.45, 2.75) is 19.9 Å². The Balaban J connectivity index is 2.24. The summed E-state index contributed by atoms with van der Waals surface area (Å²) >= 11 is 0. The normalized spacial score (nSPS) is 12.0. The van der Waals surface area contributed by atoms with Crippen LogP contribution in [0.25, 0.3) is 0 Å². The van der Waals surface area contributed by atoms with E-state index in [0.717, 1.165) is 22.2 Å². The molecule has 2 rings (SSSR count). The van der Waals surface area contributed by atoms with E-state index in [1.807, 2.05) is 6.92 Å². The van der Waals surface area contributed by atoms with Crippen molar-refractivity contribution in [3.63, 3.8) is 0 Å². The molecule has 0 aliphatic carbocycles. The minimum atomic E-state index is -3.95. The molecule has 10 nitrogen and oxygen atoms in total. The van der Waals surface area contributed by atoms with Gasteiger partial charge in [0, 0.05) is 12.1 Å². The number of carbonyl (C=O) groups excluding carboxylic acids is 1. The number of hydrogen-bond donors (Lipinski definition) is 1. The Bertz CT molecular complexity index is 1040. The van der Waals surface area contributed by atoms with Gasteiger partial charge in [0.15, 0.2) is 0 Å². The minimum absolute atomic E-state index is 0.0865. The molecule has 0 aliphatic rings. The summed E-state index contributed by atoms with van der Waals surface area (Å²) in [6, 6.07) is 10.3. The fourth-order valence-electron chi connectivity index (χ4n) is 2.89. The molecule has 0 heterocycles. The molecule has 0 unspecified atom stereocenters. The van der Waals surface area contributed by atoms with Crippen molar-refractivity contribution in [2.75, 3.05) is 30.8 Å². The van der Waals surface area contributed by atoms with Gasteiger partial charge in [0.1, 0.15) is 23.7 Å². The number of sulfonamides is 1. The van der Waals surface area contributed by atoms with Crippen LogP contribution >= 0.6 is 0 Å². The van der Waals surface area contributed by atoms with Crippen LogP contribution in [0.5, 0.6) is 11.5 Å². The highest BCUT2D eigenvalue weighted by molar-refractivity contribution is 7.92. The Morgan fingerprint density at radius 3 is 2.39 bits per heavy atom. The molecule has 2 aromatic carbocycles. The van der Waals surface area contributed by atoms with E-state index in [1.54, 1.807) is 31.2 Å². The summed E-state index contributed by atoms with van der Waals surface area (Å²) in [5, 5.41) is 13.9. The van der Waals surface area contributed by atoms with E-state index in [1.165, 1.54) is 19.2 Å². The first-order valence-corrected chi connectivity index (χ1v) is 11.2. The van der Waals surface area contributed by atoms with E-state index in [9.17, 15) is 23.3 Å². The van der Waals surface area contributed by atoms with Gasteiger partial charge in [-0.1, -0.05) is 12.1 Å². The molecule has 0 spiro atoms. The number of nitrogens with one attached hydrogen (secondary N) is 1. The quantitative estimate of drug-likeness (QED) is 0.434. The molecular formula is C20H25N3O7S. The van der Waals surface area contributed by atoms with Crippen LogP contribution in [0.15, 0.2) is 42.5 Å². The lowest BCUT2D eigenvalue weighted by Crippen LogP contribution is -2.41. The molecule has 0 aromatic heterocycles. The smallest absolute Gasteiger partial charge is 0.271 e. The summed E-state index contributed by atoms with van der Waals surface area (Å²) in [6.07, 6.45) is 0.911. The molecule has 0 fully saturated rings. The summed E-state index contributed by atoms with van der Waals surface area (Å²) in [6.45, 7) is 3.60. The maximum Gasteiger partial charge on any atom is 0.271 e. The van der Waals surface area contributed by atoms with E-state index >= 15 is 0 Å². The fraction of sp³-hybridized carbons (Fsp3) is 0.350. The van der Waals surface area contributed by atoms with Crippen LogP contribution in [0.1, 0.15) is 25.5 Å².